The average Bonchev–Trinajstić information content (AvgIpc) is 0.811. The first-order valence-corrected chi connectivity index (χ1v) is 0.775. The van der Waals surface area contributed by atoms with Gasteiger partial charge in [0, 0.05) is 17.1 Å². The molecule has 0 amide bonds. The van der Waals surface area contributed by atoms with Crippen molar-refractivity contribution >= 4 is 54.8 Å². The number of hydrogen-bond acceptors (Lipinski definition) is 3. The second-order valence-corrected chi connectivity index (χ2v) is 0.346. The van der Waals surface area contributed by atoms with Crippen molar-refractivity contribution in [1.82, 2.24) is 0 Å². The molecule has 0 spiro atoms. The van der Waals surface area contributed by atoms with Gasteiger partial charge >= 0.3 is 54.8 Å². The van der Waals surface area contributed by atoms with Crippen LogP contribution in [0, 0.1) is 0 Å². The van der Waals surface area contributed by atoms with Crippen LogP contribution in [0.25, 0.3) is 0 Å². The molecule has 0 aromatic carbocycles. The van der Waals surface area contributed by atoms with Crippen LogP contribution in [0.1, 0.15) is 2.85 Å². The maximum absolute atomic E-state index is 7.17. The Morgan fingerprint density at radius 1 is 1.14 bits per heavy atom. The molecule has 0 heterocycles. The Bertz CT molecular complexity index is 26.5. The fraction of sp³-hybridized carbons (Fsp3) is 0. The van der Waals surface area contributed by atoms with E-state index in [1.807, 2.05) is 0 Å². The third-order valence-electron chi connectivity index (χ3n) is 0. The third-order valence-corrected chi connectivity index (χ3v) is 0. The monoisotopic (exact) mass is 268 g/mol. The fourth-order valence-electron chi connectivity index (χ4n) is 0. The molecule has 3 N–H and O–H groups in total. The normalized spacial score (nSPS) is 3.86. The molecule has 0 radical (unpaired) electrons. The number of rotatable bonds is 0. The van der Waals surface area contributed by atoms with E-state index in [0.29, 0.717) is 0 Å². The van der Waals surface area contributed by atoms with Gasteiger partial charge in [-0.15, -0.1) is 0 Å². The summed E-state index contributed by atoms with van der Waals surface area (Å²) in [5, 5.41) is 21.5. The summed E-state index contributed by atoms with van der Waals surface area (Å²) in [6.45, 7) is 0. The van der Waals surface area contributed by atoms with Crippen LogP contribution in [0.5, 0.6) is 0 Å². The molecule has 0 unspecified atom stereocenters. The van der Waals surface area contributed by atoms with E-state index in [9.17, 15) is 0 Å². The van der Waals surface area contributed by atoms with E-state index in [0.717, 1.165) is 0 Å². The summed E-state index contributed by atoms with van der Waals surface area (Å²) in [6.07, 6.45) is 0. The average molecular weight is 269 g/mol. The van der Waals surface area contributed by atoms with E-state index in [2.05, 4.69) is 0 Å². The second kappa shape index (κ2) is 15.7. The molecule has 7 heavy (non-hydrogen) atoms. The molecule has 0 aliphatic carbocycles. The third kappa shape index (κ3) is 70.2. The van der Waals surface area contributed by atoms with Gasteiger partial charge in [0.2, 0.25) is 0 Å². The van der Waals surface area contributed by atoms with Crippen molar-refractivity contribution in [3.05, 3.63) is 0 Å². The molecule has 0 aromatic heterocycles. The first kappa shape index (κ1) is 23.0. The van der Waals surface area contributed by atoms with Gasteiger partial charge in [0.1, 0.15) is 0 Å². The molecular weight excluding hydrogens is 261 g/mol. The van der Waals surface area contributed by atoms with Crippen molar-refractivity contribution in [1.29, 1.82) is 0 Å². The van der Waals surface area contributed by atoms with Crippen LogP contribution in [0.15, 0.2) is 0 Å². The molecule has 0 rings (SSSR count). The zero-order valence-corrected chi connectivity index (χ0v) is 10.2. The van der Waals surface area contributed by atoms with Gasteiger partial charge in [0.05, 0.1) is 0 Å². The van der Waals surface area contributed by atoms with E-state index in [-0.39, 0.29) is 67.4 Å². The Labute approximate surface area is 89.1 Å². The van der Waals surface area contributed by atoms with Gasteiger partial charge in [0.25, 0.3) is 0 Å². The van der Waals surface area contributed by atoms with E-state index in [4.69, 9.17) is 15.1 Å². The van der Waals surface area contributed by atoms with Crippen molar-refractivity contribution in [2.75, 3.05) is 0 Å². The molecule has 0 bridgehead atoms. The second-order valence-electron chi connectivity index (χ2n) is 0.346. The molecular formula is H8BFeMgO3Sb. The molecule has 0 aliphatic heterocycles. The Balaban J connectivity index is -0.00000000450. The standard InChI is InChI=1S/BH3O3.Fe.Mg.Sb.5H/c2-1(3)4;;;;;;;;/h2-4H;;;;;;;;/q;;+2;;;;;2*-1. The minimum atomic E-state index is -2.17. The van der Waals surface area contributed by atoms with Gasteiger partial charge in [0.15, 0.2) is 0 Å². The van der Waals surface area contributed by atoms with Crippen molar-refractivity contribution in [2.24, 2.45) is 0 Å². The van der Waals surface area contributed by atoms with Crippen LogP contribution >= 0.6 is 0 Å². The first-order chi connectivity index (χ1) is 1.73. The SMILES string of the molecule is OB(O)O.[Fe].[H-].[H-].[Mg+2].[SbH3]. The Morgan fingerprint density at radius 2 is 1.14 bits per heavy atom. The number of hydrogen-bond donors (Lipinski definition) is 3. The molecule has 0 saturated heterocycles. The zero-order valence-electron chi connectivity index (χ0n) is 5.69. The summed E-state index contributed by atoms with van der Waals surface area (Å²) in [6, 6.07) is 0. The topological polar surface area (TPSA) is 60.7 Å². The van der Waals surface area contributed by atoms with E-state index >= 15 is 0 Å². The first-order valence-electron chi connectivity index (χ1n) is 0.775. The van der Waals surface area contributed by atoms with Crippen LogP contribution in [-0.2, 0) is 17.1 Å². The van der Waals surface area contributed by atoms with Crippen LogP contribution in [0.4, 0.5) is 0 Å². The van der Waals surface area contributed by atoms with Gasteiger partial charge in [-0.05, 0) is 0 Å². The summed E-state index contributed by atoms with van der Waals surface area (Å²) in [4.78, 5) is 0. The molecule has 3 nitrogen and oxygen atoms in total. The zero-order chi connectivity index (χ0) is 3.58. The molecule has 44 valence electrons. The van der Waals surface area contributed by atoms with E-state index in [1.54, 1.807) is 0 Å². The van der Waals surface area contributed by atoms with Gasteiger partial charge in [-0.25, -0.2) is 0 Å². The quantitative estimate of drug-likeness (QED) is 0.402. The van der Waals surface area contributed by atoms with E-state index < -0.39 is 7.32 Å². The van der Waals surface area contributed by atoms with Gasteiger partial charge in [-0.3, -0.25) is 0 Å². The summed E-state index contributed by atoms with van der Waals surface area (Å²) in [7, 11) is -2.17. The van der Waals surface area contributed by atoms with Crippen LogP contribution in [0.3, 0.4) is 0 Å². The Kier molecular flexibility index (Phi) is 51.5. The predicted molar refractivity (Wildman–Crippen MR) is 30.3 cm³/mol. The summed E-state index contributed by atoms with van der Waals surface area (Å²) in [5.41, 5.74) is 0. The fourth-order valence-corrected chi connectivity index (χ4v) is 0. The molecule has 0 saturated carbocycles. The summed E-state index contributed by atoms with van der Waals surface area (Å²) < 4.78 is 0. The Morgan fingerprint density at radius 3 is 1.14 bits per heavy atom. The van der Waals surface area contributed by atoms with Crippen molar-refractivity contribution in [2.45, 2.75) is 0 Å². The molecule has 0 fully saturated rings. The van der Waals surface area contributed by atoms with Gasteiger partial charge in [-0.2, -0.15) is 0 Å². The van der Waals surface area contributed by atoms with Crippen LogP contribution in [-0.4, -0.2) is 69.9 Å². The van der Waals surface area contributed by atoms with Crippen molar-refractivity contribution in [3.8, 4) is 0 Å². The maximum atomic E-state index is 7.17. The van der Waals surface area contributed by atoms with Crippen LogP contribution < -0.4 is 0 Å². The molecule has 0 aromatic rings. The molecule has 7 heteroatoms. The summed E-state index contributed by atoms with van der Waals surface area (Å²) in [5.74, 6) is 0. The minimum absolute atomic E-state index is 0. The van der Waals surface area contributed by atoms with E-state index in [1.165, 1.54) is 0 Å². The van der Waals surface area contributed by atoms with Crippen LogP contribution in [0.2, 0.25) is 0 Å². The van der Waals surface area contributed by atoms with Crippen molar-refractivity contribution in [3.63, 3.8) is 0 Å². The van der Waals surface area contributed by atoms with Crippen molar-refractivity contribution < 1.29 is 35.0 Å². The Hall–Kier alpha value is 2.05. The van der Waals surface area contributed by atoms with Gasteiger partial charge < -0.3 is 17.9 Å². The molecule has 0 aliphatic rings. The van der Waals surface area contributed by atoms with Gasteiger partial charge in [-0.1, -0.05) is 0 Å². The summed E-state index contributed by atoms with van der Waals surface area (Å²) >= 11 is 0. The molecule has 0 atom stereocenters. The predicted octanol–water partition coefficient (Wildman–Crippen LogP) is -3.39.